The first-order chi connectivity index (χ1) is 21.3. The molecule has 3 aromatic rings. The molecule has 45 heavy (non-hydrogen) atoms. The molecule has 0 spiro atoms. The first kappa shape index (κ1) is 32.8. The predicted octanol–water partition coefficient (Wildman–Crippen LogP) is 8.03. The minimum Gasteiger partial charge on any atom is -0.331 e. The van der Waals surface area contributed by atoms with Crippen LogP contribution in [0.1, 0.15) is 92.0 Å². The SMILES string of the molecule is Cc1cccc(F)c1C(=O)N1CCC[C@H](C(=O)Nc2cccc(C(C)(C)C)c2)[C@@H]1c1ccc(CCCN2CCC(C)(F)C2)cc1. The topological polar surface area (TPSA) is 52.7 Å². The van der Waals surface area contributed by atoms with Crippen molar-refractivity contribution in [1.29, 1.82) is 0 Å². The Balaban J connectivity index is 1.39. The quantitative estimate of drug-likeness (QED) is 0.279. The molecule has 0 aliphatic carbocycles. The average molecular weight is 616 g/mol. The number of benzene rings is 3. The van der Waals surface area contributed by atoms with Crippen LogP contribution in [0.2, 0.25) is 0 Å². The lowest BCUT2D eigenvalue weighted by Gasteiger charge is -2.41. The Morgan fingerprint density at radius 3 is 2.42 bits per heavy atom. The third-order valence-corrected chi connectivity index (χ3v) is 9.42. The maximum atomic E-state index is 15.0. The fraction of sp³-hybridized carbons (Fsp3) is 0.474. The van der Waals surface area contributed by atoms with Gasteiger partial charge in [0.1, 0.15) is 11.5 Å². The molecule has 2 aliphatic heterocycles. The molecule has 5 rings (SSSR count). The number of alkyl halides is 1. The molecular formula is C38H47F2N3O2. The molecule has 2 amide bonds. The normalized spacial score (nSPS) is 22.4. The summed E-state index contributed by atoms with van der Waals surface area (Å²) in [4.78, 5) is 31.9. The summed E-state index contributed by atoms with van der Waals surface area (Å²) in [6, 6.07) is 20.2. The minimum absolute atomic E-state index is 0.0596. The number of nitrogens with one attached hydrogen (secondary N) is 1. The van der Waals surface area contributed by atoms with Crippen molar-refractivity contribution in [2.24, 2.45) is 5.92 Å². The Morgan fingerprint density at radius 1 is 1.02 bits per heavy atom. The van der Waals surface area contributed by atoms with E-state index in [0.717, 1.165) is 48.3 Å². The number of amides is 2. The molecule has 2 fully saturated rings. The monoisotopic (exact) mass is 615 g/mol. The Labute approximate surface area is 267 Å². The molecule has 0 radical (unpaired) electrons. The molecule has 7 heteroatoms. The average Bonchev–Trinajstić information content (AvgIpc) is 3.34. The number of carbonyl (C=O) groups is 2. The molecule has 0 bridgehead atoms. The summed E-state index contributed by atoms with van der Waals surface area (Å²) in [7, 11) is 0. The zero-order valence-corrected chi connectivity index (χ0v) is 27.3. The van der Waals surface area contributed by atoms with Crippen molar-refractivity contribution >= 4 is 17.5 Å². The number of halogens is 2. The Hall–Kier alpha value is -3.58. The van der Waals surface area contributed by atoms with Gasteiger partial charge in [0.25, 0.3) is 5.91 Å². The highest BCUT2D eigenvalue weighted by atomic mass is 19.1. The second-order valence-electron chi connectivity index (χ2n) is 14.2. The van der Waals surface area contributed by atoms with Crippen LogP contribution in [0.25, 0.3) is 0 Å². The van der Waals surface area contributed by atoms with E-state index in [4.69, 9.17) is 0 Å². The van der Waals surface area contributed by atoms with Crippen LogP contribution in [0.15, 0.2) is 66.7 Å². The van der Waals surface area contributed by atoms with E-state index in [0.29, 0.717) is 37.9 Å². The van der Waals surface area contributed by atoms with Crippen molar-refractivity contribution in [3.05, 3.63) is 100 Å². The van der Waals surface area contributed by atoms with Gasteiger partial charge >= 0.3 is 0 Å². The Morgan fingerprint density at radius 2 is 1.76 bits per heavy atom. The number of likely N-dealkylation sites (tertiary alicyclic amines) is 2. The first-order valence-corrected chi connectivity index (χ1v) is 16.3. The van der Waals surface area contributed by atoms with Crippen LogP contribution in [0.3, 0.4) is 0 Å². The third-order valence-electron chi connectivity index (χ3n) is 9.42. The second-order valence-corrected chi connectivity index (χ2v) is 14.2. The summed E-state index contributed by atoms with van der Waals surface area (Å²) >= 11 is 0. The molecular weight excluding hydrogens is 568 g/mol. The fourth-order valence-corrected chi connectivity index (χ4v) is 6.85. The van der Waals surface area contributed by atoms with E-state index < -0.39 is 29.4 Å². The molecule has 2 saturated heterocycles. The van der Waals surface area contributed by atoms with Gasteiger partial charge in [0.2, 0.25) is 5.91 Å². The number of piperidine rings is 1. The van der Waals surface area contributed by atoms with Gasteiger partial charge in [0, 0.05) is 25.3 Å². The minimum atomic E-state index is -1.09. The van der Waals surface area contributed by atoms with Crippen LogP contribution < -0.4 is 5.32 Å². The van der Waals surface area contributed by atoms with Crippen molar-refractivity contribution in [3.8, 4) is 0 Å². The molecule has 2 aliphatic rings. The number of anilines is 1. The van der Waals surface area contributed by atoms with Crippen molar-refractivity contribution in [2.45, 2.75) is 83.8 Å². The van der Waals surface area contributed by atoms with E-state index in [9.17, 15) is 14.0 Å². The lowest BCUT2D eigenvalue weighted by molar-refractivity contribution is -0.123. The van der Waals surface area contributed by atoms with E-state index in [1.165, 1.54) is 6.07 Å². The molecule has 2 heterocycles. The standard InChI is InChI=1S/C38H47F2N3O2/c1-26-10-6-15-32(39)33(26)36(45)43-22-9-14-31(35(44)41-30-13-7-12-29(24-30)37(2,3)4)34(43)28-18-16-27(17-19-28)11-8-21-42-23-20-38(5,40)25-42/h6-7,10,12-13,15-19,24,31,34H,8-9,11,14,20-23,25H2,1-5H3,(H,41,44)/t31-,34-,38?/m0/s1. The van der Waals surface area contributed by atoms with Crippen molar-refractivity contribution < 1.29 is 18.4 Å². The van der Waals surface area contributed by atoms with Gasteiger partial charge < -0.3 is 15.1 Å². The molecule has 1 N–H and O–H groups in total. The van der Waals surface area contributed by atoms with E-state index in [1.54, 1.807) is 30.9 Å². The van der Waals surface area contributed by atoms with Gasteiger partial charge in [-0.05, 0) is 98.4 Å². The van der Waals surface area contributed by atoms with Crippen LogP contribution in [-0.4, -0.2) is 53.5 Å². The summed E-state index contributed by atoms with van der Waals surface area (Å²) in [6.45, 7) is 12.4. The number of rotatable bonds is 8. The number of hydrogen-bond donors (Lipinski definition) is 1. The number of hydrogen-bond acceptors (Lipinski definition) is 3. The van der Waals surface area contributed by atoms with E-state index >= 15 is 4.39 Å². The van der Waals surface area contributed by atoms with E-state index in [-0.39, 0.29) is 16.9 Å². The molecule has 0 saturated carbocycles. The third kappa shape index (κ3) is 7.81. The number of aryl methyl sites for hydroxylation is 2. The number of carbonyl (C=O) groups excluding carboxylic acids is 2. The second kappa shape index (κ2) is 13.4. The highest BCUT2D eigenvalue weighted by Gasteiger charge is 2.40. The van der Waals surface area contributed by atoms with E-state index in [2.05, 4.69) is 49.2 Å². The van der Waals surface area contributed by atoms with Crippen LogP contribution in [0, 0.1) is 18.7 Å². The van der Waals surface area contributed by atoms with Gasteiger partial charge in [0.05, 0.1) is 17.5 Å². The van der Waals surface area contributed by atoms with Crippen molar-refractivity contribution in [2.75, 3.05) is 31.5 Å². The van der Waals surface area contributed by atoms with Gasteiger partial charge in [0.15, 0.2) is 0 Å². The summed E-state index contributed by atoms with van der Waals surface area (Å²) in [5, 5.41) is 3.14. The molecule has 240 valence electrons. The molecule has 0 aromatic heterocycles. The summed E-state index contributed by atoms with van der Waals surface area (Å²) in [6.07, 6.45) is 3.62. The lowest BCUT2D eigenvalue weighted by atomic mass is 9.82. The molecule has 5 nitrogen and oxygen atoms in total. The molecule has 3 atom stereocenters. The van der Waals surface area contributed by atoms with Gasteiger partial charge in [-0.3, -0.25) is 9.59 Å². The zero-order chi connectivity index (χ0) is 32.4. The maximum absolute atomic E-state index is 15.0. The Kier molecular flexibility index (Phi) is 9.78. The highest BCUT2D eigenvalue weighted by molar-refractivity contribution is 5.98. The predicted molar refractivity (Wildman–Crippen MR) is 177 cm³/mol. The van der Waals surface area contributed by atoms with Crippen molar-refractivity contribution in [1.82, 2.24) is 9.80 Å². The lowest BCUT2D eigenvalue weighted by Crippen LogP contribution is -2.46. The fourth-order valence-electron chi connectivity index (χ4n) is 6.85. The zero-order valence-electron chi connectivity index (χ0n) is 27.3. The van der Waals surface area contributed by atoms with Crippen LogP contribution in [0.4, 0.5) is 14.5 Å². The van der Waals surface area contributed by atoms with Crippen molar-refractivity contribution in [3.63, 3.8) is 0 Å². The van der Waals surface area contributed by atoms with Gasteiger partial charge in [-0.2, -0.15) is 0 Å². The maximum Gasteiger partial charge on any atom is 0.257 e. The van der Waals surface area contributed by atoms with Crippen LogP contribution in [0.5, 0.6) is 0 Å². The Bertz CT molecular complexity index is 1490. The highest BCUT2D eigenvalue weighted by Crippen LogP contribution is 2.39. The first-order valence-electron chi connectivity index (χ1n) is 16.3. The van der Waals surface area contributed by atoms with Gasteiger partial charge in [-0.25, -0.2) is 8.78 Å². The summed E-state index contributed by atoms with van der Waals surface area (Å²) < 4.78 is 29.3. The van der Waals surface area contributed by atoms with Gasteiger partial charge in [-0.15, -0.1) is 0 Å². The number of nitrogens with zero attached hydrogens (tertiary/aromatic N) is 2. The molecule has 3 aromatic carbocycles. The van der Waals surface area contributed by atoms with Crippen LogP contribution in [-0.2, 0) is 16.6 Å². The summed E-state index contributed by atoms with van der Waals surface area (Å²) in [5.74, 6) is -1.60. The summed E-state index contributed by atoms with van der Waals surface area (Å²) in [5.41, 5.74) is 3.32. The van der Waals surface area contributed by atoms with E-state index in [1.807, 2.05) is 30.3 Å². The largest absolute Gasteiger partial charge is 0.331 e. The van der Waals surface area contributed by atoms with Crippen LogP contribution >= 0.6 is 0 Å². The van der Waals surface area contributed by atoms with Gasteiger partial charge in [-0.1, -0.05) is 69.3 Å². The molecule has 1 unspecified atom stereocenters. The smallest absolute Gasteiger partial charge is 0.257 e.